The van der Waals surface area contributed by atoms with Crippen LogP contribution in [0.5, 0.6) is 0 Å². The summed E-state index contributed by atoms with van der Waals surface area (Å²) in [5, 5.41) is 19.3. The van der Waals surface area contributed by atoms with Crippen LogP contribution in [0.4, 0.5) is 24.5 Å². The van der Waals surface area contributed by atoms with Crippen molar-refractivity contribution in [1.29, 1.82) is 5.26 Å². The standard InChI is InChI=1S/C15H4Cl2F3N3O2/c1-22-15-13(19)9(5-21)7(12(18)14(15)20)4-8-10(16)2-6(23(24)25)3-11(8)17/h2-3H,4H2. The number of non-ortho nitro benzene ring substituents is 1. The van der Waals surface area contributed by atoms with Gasteiger partial charge in [-0.1, -0.05) is 23.2 Å². The van der Waals surface area contributed by atoms with Gasteiger partial charge in [-0.25, -0.2) is 18.0 Å². The van der Waals surface area contributed by atoms with Gasteiger partial charge in [0, 0.05) is 24.1 Å². The predicted octanol–water partition coefficient (Wildman–Crippen LogP) is 5.33. The van der Waals surface area contributed by atoms with Crippen molar-refractivity contribution in [2.24, 2.45) is 0 Å². The third-order valence-corrected chi connectivity index (χ3v) is 3.98. The summed E-state index contributed by atoms with van der Waals surface area (Å²) in [7, 11) is 0. The van der Waals surface area contributed by atoms with E-state index in [0.717, 1.165) is 12.1 Å². The highest BCUT2D eigenvalue weighted by Crippen LogP contribution is 2.36. The van der Waals surface area contributed by atoms with E-state index in [9.17, 15) is 23.3 Å². The predicted molar refractivity (Wildman–Crippen MR) is 83.2 cm³/mol. The summed E-state index contributed by atoms with van der Waals surface area (Å²) in [6.45, 7) is 6.68. The van der Waals surface area contributed by atoms with Gasteiger partial charge >= 0.3 is 0 Å². The van der Waals surface area contributed by atoms with Crippen molar-refractivity contribution < 1.29 is 18.1 Å². The molecule has 0 fully saturated rings. The number of nitro groups is 1. The number of nitrogens with zero attached hydrogens (tertiary/aromatic N) is 3. The van der Waals surface area contributed by atoms with Crippen LogP contribution >= 0.6 is 23.2 Å². The topological polar surface area (TPSA) is 71.3 Å². The van der Waals surface area contributed by atoms with Crippen molar-refractivity contribution in [3.8, 4) is 6.07 Å². The van der Waals surface area contributed by atoms with Crippen molar-refractivity contribution in [2.45, 2.75) is 6.42 Å². The molecule has 0 saturated carbocycles. The van der Waals surface area contributed by atoms with Gasteiger partial charge in [-0.05, 0) is 5.56 Å². The Morgan fingerprint density at radius 1 is 1.16 bits per heavy atom. The number of halogens is 5. The molecule has 0 unspecified atom stereocenters. The molecule has 2 aromatic carbocycles. The van der Waals surface area contributed by atoms with Gasteiger partial charge in [-0.2, -0.15) is 5.26 Å². The first-order valence-corrected chi connectivity index (χ1v) is 7.07. The Labute approximate surface area is 148 Å². The van der Waals surface area contributed by atoms with E-state index in [4.69, 9.17) is 35.0 Å². The molecule has 0 amide bonds. The first kappa shape index (κ1) is 18.5. The molecule has 0 aromatic heterocycles. The van der Waals surface area contributed by atoms with Crippen LogP contribution in [0.25, 0.3) is 4.85 Å². The second kappa shape index (κ2) is 6.98. The summed E-state index contributed by atoms with van der Waals surface area (Å²) in [5.41, 5.74) is -3.28. The zero-order valence-corrected chi connectivity index (χ0v) is 13.4. The second-order valence-corrected chi connectivity index (χ2v) is 5.50. The van der Waals surface area contributed by atoms with Crippen LogP contribution in [0.1, 0.15) is 16.7 Å². The molecule has 2 aromatic rings. The van der Waals surface area contributed by atoms with Gasteiger partial charge in [-0.15, -0.1) is 0 Å². The lowest BCUT2D eigenvalue weighted by atomic mass is 9.97. The lowest BCUT2D eigenvalue weighted by Gasteiger charge is -2.12. The molecule has 2 rings (SSSR count). The van der Waals surface area contributed by atoms with Gasteiger partial charge in [0.1, 0.15) is 6.07 Å². The molecule has 0 heterocycles. The molecule has 0 N–H and O–H groups in total. The molecular weight excluding hydrogens is 382 g/mol. The highest BCUT2D eigenvalue weighted by atomic mass is 35.5. The fourth-order valence-corrected chi connectivity index (χ4v) is 2.72. The maximum absolute atomic E-state index is 14.2. The molecule has 0 aliphatic carbocycles. The summed E-state index contributed by atoms with van der Waals surface area (Å²) in [6, 6.07) is 3.25. The zero-order valence-electron chi connectivity index (χ0n) is 11.9. The molecule has 0 atom stereocenters. The molecule has 0 bridgehead atoms. The van der Waals surface area contributed by atoms with Gasteiger partial charge in [0.05, 0.1) is 27.1 Å². The minimum atomic E-state index is -1.74. The summed E-state index contributed by atoms with van der Waals surface area (Å²) in [5.74, 6) is -4.83. The monoisotopic (exact) mass is 385 g/mol. The van der Waals surface area contributed by atoms with E-state index < -0.39 is 51.3 Å². The SMILES string of the molecule is [C-]#[N+]c1c(F)c(F)c(Cc2c(Cl)cc([N+](=O)[O-])cc2Cl)c(C#N)c1F. The Hall–Kier alpha value is -2.81. The number of rotatable bonds is 3. The van der Waals surface area contributed by atoms with Gasteiger partial charge in [0.15, 0.2) is 17.5 Å². The summed E-state index contributed by atoms with van der Waals surface area (Å²) >= 11 is 11.8. The van der Waals surface area contributed by atoms with E-state index in [1.807, 2.05) is 0 Å². The van der Waals surface area contributed by atoms with Crippen LogP contribution in [-0.2, 0) is 6.42 Å². The quantitative estimate of drug-likeness (QED) is 0.310. The van der Waals surface area contributed by atoms with E-state index in [1.54, 1.807) is 0 Å². The normalized spacial score (nSPS) is 10.2. The first-order valence-electron chi connectivity index (χ1n) is 6.32. The van der Waals surface area contributed by atoms with Crippen molar-refractivity contribution >= 4 is 34.6 Å². The van der Waals surface area contributed by atoms with E-state index in [-0.39, 0.29) is 15.6 Å². The fraction of sp³-hybridized carbons (Fsp3) is 0.0667. The van der Waals surface area contributed by atoms with Gasteiger partial charge in [0.2, 0.25) is 0 Å². The highest BCUT2D eigenvalue weighted by molar-refractivity contribution is 6.36. The summed E-state index contributed by atoms with van der Waals surface area (Å²) in [4.78, 5) is 12.5. The van der Waals surface area contributed by atoms with Gasteiger partial charge < -0.3 is 0 Å². The zero-order chi connectivity index (χ0) is 18.9. The molecular formula is C15H4Cl2F3N3O2. The summed E-state index contributed by atoms with van der Waals surface area (Å²) in [6.07, 6.45) is -0.601. The molecule has 5 nitrogen and oxygen atoms in total. The number of hydrogen-bond donors (Lipinski definition) is 0. The van der Waals surface area contributed by atoms with Crippen molar-refractivity contribution in [3.05, 3.63) is 77.9 Å². The van der Waals surface area contributed by atoms with Crippen LogP contribution in [0, 0.1) is 45.5 Å². The van der Waals surface area contributed by atoms with Crippen molar-refractivity contribution in [3.63, 3.8) is 0 Å². The molecule has 10 heteroatoms. The Balaban J connectivity index is 2.69. The maximum Gasteiger partial charge on any atom is 0.272 e. The number of nitriles is 1. The molecule has 25 heavy (non-hydrogen) atoms. The number of nitro benzene ring substituents is 1. The molecule has 0 radical (unpaired) electrons. The van der Waals surface area contributed by atoms with Gasteiger partial charge in [0.25, 0.3) is 11.4 Å². The van der Waals surface area contributed by atoms with Crippen LogP contribution < -0.4 is 0 Å². The van der Waals surface area contributed by atoms with Gasteiger partial charge in [-0.3, -0.25) is 10.1 Å². The third kappa shape index (κ3) is 3.22. The molecule has 126 valence electrons. The average molecular weight is 386 g/mol. The summed E-state index contributed by atoms with van der Waals surface area (Å²) < 4.78 is 42.1. The molecule has 0 saturated heterocycles. The highest BCUT2D eigenvalue weighted by Gasteiger charge is 2.26. The minimum Gasteiger partial charge on any atom is -0.258 e. The van der Waals surface area contributed by atoms with Crippen LogP contribution in [0.3, 0.4) is 0 Å². The lowest BCUT2D eigenvalue weighted by Crippen LogP contribution is -2.05. The van der Waals surface area contributed by atoms with E-state index in [2.05, 4.69) is 4.85 Å². The average Bonchev–Trinajstić information content (AvgIpc) is 2.55. The van der Waals surface area contributed by atoms with E-state index in [0.29, 0.717) is 0 Å². The second-order valence-electron chi connectivity index (χ2n) is 4.69. The fourth-order valence-electron chi connectivity index (χ4n) is 2.11. The van der Waals surface area contributed by atoms with E-state index >= 15 is 0 Å². The Morgan fingerprint density at radius 3 is 2.16 bits per heavy atom. The molecule has 0 spiro atoms. The minimum absolute atomic E-state index is 0.0568. The van der Waals surface area contributed by atoms with E-state index in [1.165, 1.54) is 6.07 Å². The van der Waals surface area contributed by atoms with Crippen molar-refractivity contribution in [2.75, 3.05) is 0 Å². The van der Waals surface area contributed by atoms with Crippen LogP contribution in [0.15, 0.2) is 12.1 Å². The first-order chi connectivity index (χ1) is 11.7. The Kier molecular flexibility index (Phi) is 5.17. The number of hydrogen-bond acceptors (Lipinski definition) is 3. The largest absolute Gasteiger partial charge is 0.272 e. The van der Waals surface area contributed by atoms with Crippen LogP contribution in [-0.4, -0.2) is 4.92 Å². The van der Waals surface area contributed by atoms with Crippen molar-refractivity contribution in [1.82, 2.24) is 0 Å². The Morgan fingerprint density at radius 2 is 1.72 bits per heavy atom. The molecule has 0 aliphatic rings. The maximum atomic E-state index is 14.2. The lowest BCUT2D eigenvalue weighted by molar-refractivity contribution is -0.384. The Bertz CT molecular complexity index is 974. The number of benzene rings is 2. The smallest absolute Gasteiger partial charge is 0.258 e. The third-order valence-electron chi connectivity index (χ3n) is 3.31. The van der Waals surface area contributed by atoms with Crippen LogP contribution in [0.2, 0.25) is 10.0 Å². The molecule has 0 aliphatic heterocycles.